The Bertz CT molecular complexity index is 1160. The SMILES string of the molecule is COc1ccccc1N(C(=O)Cn1nnc(-c2ccc(C)o2)n1)[C@@H](CC(C)C)C(=O)NC(C)(C)C. The number of furan rings is 1. The summed E-state index contributed by atoms with van der Waals surface area (Å²) in [5, 5.41) is 15.4. The van der Waals surface area contributed by atoms with Crippen molar-refractivity contribution in [1.82, 2.24) is 25.5 Å². The van der Waals surface area contributed by atoms with Crippen LogP contribution in [-0.4, -0.2) is 50.7 Å². The Labute approximate surface area is 205 Å². The number of aromatic nitrogens is 4. The number of benzene rings is 1. The number of methoxy groups -OCH3 is 1. The van der Waals surface area contributed by atoms with Gasteiger partial charge < -0.3 is 14.5 Å². The van der Waals surface area contributed by atoms with Gasteiger partial charge in [-0.2, -0.15) is 4.80 Å². The number of carbonyl (C=O) groups excluding carboxylic acids is 2. The summed E-state index contributed by atoms with van der Waals surface area (Å²) in [7, 11) is 1.53. The molecular formula is C25H34N6O4. The lowest BCUT2D eigenvalue weighted by molar-refractivity contribution is -0.128. The Morgan fingerprint density at radius 2 is 1.89 bits per heavy atom. The Morgan fingerprint density at radius 3 is 2.49 bits per heavy atom. The van der Waals surface area contributed by atoms with Crippen molar-refractivity contribution in [3.05, 3.63) is 42.2 Å². The molecule has 0 bridgehead atoms. The molecule has 1 atom stereocenters. The number of ether oxygens (including phenoxy) is 1. The molecule has 0 saturated heterocycles. The van der Waals surface area contributed by atoms with E-state index in [2.05, 4.69) is 20.7 Å². The third kappa shape index (κ3) is 6.68. The van der Waals surface area contributed by atoms with Crippen LogP contribution in [0.3, 0.4) is 0 Å². The minimum atomic E-state index is -0.770. The van der Waals surface area contributed by atoms with Crippen LogP contribution in [0.1, 0.15) is 46.8 Å². The molecule has 0 fully saturated rings. The molecule has 35 heavy (non-hydrogen) atoms. The Kier molecular flexibility index (Phi) is 7.93. The number of para-hydroxylation sites is 2. The van der Waals surface area contributed by atoms with E-state index in [1.165, 1.54) is 16.8 Å². The van der Waals surface area contributed by atoms with Gasteiger partial charge in [-0.1, -0.05) is 26.0 Å². The largest absolute Gasteiger partial charge is 0.495 e. The van der Waals surface area contributed by atoms with Crippen LogP contribution in [0, 0.1) is 12.8 Å². The van der Waals surface area contributed by atoms with Crippen molar-refractivity contribution in [3.63, 3.8) is 0 Å². The van der Waals surface area contributed by atoms with Crippen LogP contribution in [-0.2, 0) is 16.1 Å². The predicted octanol–water partition coefficient (Wildman–Crippen LogP) is 3.61. The van der Waals surface area contributed by atoms with E-state index in [9.17, 15) is 9.59 Å². The van der Waals surface area contributed by atoms with Crippen molar-refractivity contribution in [2.45, 2.75) is 66.1 Å². The highest BCUT2D eigenvalue weighted by molar-refractivity contribution is 6.01. The highest BCUT2D eigenvalue weighted by Crippen LogP contribution is 2.31. The van der Waals surface area contributed by atoms with Crippen molar-refractivity contribution in [2.24, 2.45) is 5.92 Å². The molecule has 0 radical (unpaired) electrons. The molecule has 1 aromatic carbocycles. The molecule has 10 nitrogen and oxygen atoms in total. The lowest BCUT2D eigenvalue weighted by Gasteiger charge is -2.34. The van der Waals surface area contributed by atoms with Crippen molar-refractivity contribution in [2.75, 3.05) is 12.0 Å². The number of nitrogens with one attached hydrogen (secondary N) is 1. The standard InChI is InChI=1S/C25H34N6O4/c1-16(2)14-19(24(33)26-25(4,5)6)31(18-10-8-9-11-20(18)34-7)22(32)15-30-28-23(27-29-30)21-13-12-17(3)35-21/h8-13,16,19H,14-15H2,1-7H3,(H,26,33)/t19-/m0/s1. The molecule has 2 heterocycles. The minimum absolute atomic E-state index is 0.147. The van der Waals surface area contributed by atoms with Crippen LogP contribution in [0.15, 0.2) is 40.8 Å². The minimum Gasteiger partial charge on any atom is -0.495 e. The van der Waals surface area contributed by atoms with Crippen molar-refractivity contribution >= 4 is 17.5 Å². The fraction of sp³-hybridized carbons (Fsp3) is 0.480. The van der Waals surface area contributed by atoms with E-state index in [0.29, 0.717) is 23.6 Å². The first-order chi connectivity index (χ1) is 16.5. The summed E-state index contributed by atoms with van der Waals surface area (Å²) in [4.78, 5) is 29.9. The zero-order valence-corrected chi connectivity index (χ0v) is 21.4. The molecule has 0 unspecified atom stereocenters. The van der Waals surface area contributed by atoms with Crippen molar-refractivity contribution < 1.29 is 18.7 Å². The first-order valence-electron chi connectivity index (χ1n) is 11.6. The number of amides is 2. The molecule has 1 N–H and O–H groups in total. The second kappa shape index (κ2) is 10.7. The fourth-order valence-corrected chi connectivity index (χ4v) is 3.69. The predicted molar refractivity (Wildman–Crippen MR) is 132 cm³/mol. The number of anilines is 1. The van der Waals surface area contributed by atoms with E-state index >= 15 is 0 Å². The van der Waals surface area contributed by atoms with Gasteiger partial charge in [0.15, 0.2) is 5.76 Å². The molecule has 188 valence electrons. The summed E-state index contributed by atoms with van der Waals surface area (Å²) in [5.41, 5.74) is 0.0300. The summed E-state index contributed by atoms with van der Waals surface area (Å²) >= 11 is 0. The number of carbonyl (C=O) groups is 2. The quantitative estimate of drug-likeness (QED) is 0.495. The van der Waals surface area contributed by atoms with Crippen LogP contribution < -0.4 is 15.0 Å². The average molecular weight is 483 g/mol. The summed E-state index contributed by atoms with van der Waals surface area (Å²) in [5.74, 6) is 1.47. The van der Waals surface area contributed by atoms with Gasteiger partial charge in [-0.25, -0.2) is 0 Å². The molecule has 10 heteroatoms. The molecular weight excluding hydrogens is 448 g/mol. The molecule has 0 saturated carbocycles. The van der Waals surface area contributed by atoms with Gasteiger partial charge in [0.1, 0.15) is 24.1 Å². The van der Waals surface area contributed by atoms with Crippen LogP contribution >= 0.6 is 0 Å². The first-order valence-corrected chi connectivity index (χ1v) is 11.6. The van der Waals surface area contributed by atoms with E-state index in [1.54, 1.807) is 30.3 Å². The number of nitrogens with zero attached hydrogens (tertiary/aromatic N) is 5. The van der Waals surface area contributed by atoms with E-state index < -0.39 is 11.6 Å². The number of rotatable bonds is 9. The number of hydrogen-bond acceptors (Lipinski definition) is 7. The molecule has 2 aromatic heterocycles. The molecule has 0 aliphatic heterocycles. The van der Waals surface area contributed by atoms with Gasteiger partial charge in [0.05, 0.1) is 12.8 Å². The highest BCUT2D eigenvalue weighted by atomic mass is 16.5. The van der Waals surface area contributed by atoms with Crippen LogP contribution in [0.25, 0.3) is 11.6 Å². The molecule has 0 aliphatic rings. The van der Waals surface area contributed by atoms with E-state index in [4.69, 9.17) is 9.15 Å². The van der Waals surface area contributed by atoms with Gasteiger partial charge >= 0.3 is 0 Å². The van der Waals surface area contributed by atoms with E-state index in [1.807, 2.05) is 47.6 Å². The van der Waals surface area contributed by atoms with Crippen molar-refractivity contribution in [1.29, 1.82) is 0 Å². The van der Waals surface area contributed by atoms with Gasteiger partial charge in [-0.3, -0.25) is 14.5 Å². The van der Waals surface area contributed by atoms with Crippen LogP contribution in [0.4, 0.5) is 5.69 Å². The maximum atomic E-state index is 13.8. The zero-order valence-electron chi connectivity index (χ0n) is 21.4. The fourth-order valence-electron chi connectivity index (χ4n) is 3.69. The van der Waals surface area contributed by atoms with Gasteiger partial charge in [0.2, 0.25) is 11.7 Å². The Balaban J connectivity index is 1.99. The van der Waals surface area contributed by atoms with Gasteiger partial charge in [-0.05, 0) is 69.5 Å². The normalized spacial score (nSPS) is 12.5. The third-order valence-corrected chi connectivity index (χ3v) is 5.11. The van der Waals surface area contributed by atoms with Gasteiger partial charge in [0, 0.05) is 5.54 Å². The molecule has 2 amide bonds. The monoisotopic (exact) mass is 482 g/mol. The summed E-state index contributed by atoms with van der Waals surface area (Å²) in [6.45, 7) is 11.3. The Hall–Kier alpha value is -3.69. The van der Waals surface area contributed by atoms with E-state index in [0.717, 1.165) is 5.76 Å². The van der Waals surface area contributed by atoms with Gasteiger partial charge in [-0.15, -0.1) is 10.2 Å². The molecule has 0 spiro atoms. The first kappa shape index (κ1) is 25.9. The summed E-state index contributed by atoms with van der Waals surface area (Å²) < 4.78 is 11.1. The second-order valence-electron chi connectivity index (χ2n) is 9.87. The van der Waals surface area contributed by atoms with Gasteiger partial charge in [0.25, 0.3) is 5.91 Å². The number of hydrogen-bond donors (Lipinski definition) is 1. The summed E-state index contributed by atoms with van der Waals surface area (Å²) in [6.07, 6.45) is 0.452. The maximum Gasteiger partial charge on any atom is 0.251 e. The van der Waals surface area contributed by atoms with E-state index in [-0.39, 0.29) is 30.1 Å². The molecule has 0 aliphatic carbocycles. The van der Waals surface area contributed by atoms with Crippen LogP contribution in [0.2, 0.25) is 0 Å². The third-order valence-electron chi connectivity index (χ3n) is 5.11. The Morgan fingerprint density at radius 1 is 1.17 bits per heavy atom. The zero-order chi connectivity index (χ0) is 25.8. The average Bonchev–Trinajstić information content (AvgIpc) is 3.41. The number of tetrazole rings is 1. The molecule has 3 aromatic rings. The van der Waals surface area contributed by atoms with Crippen LogP contribution in [0.5, 0.6) is 5.75 Å². The lowest BCUT2D eigenvalue weighted by atomic mass is 9.98. The summed E-state index contributed by atoms with van der Waals surface area (Å²) in [6, 6.07) is 9.92. The van der Waals surface area contributed by atoms with Crippen molar-refractivity contribution in [3.8, 4) is 17.3 Å². The topological polar surface area (TPSA) is 115 Å². The number of aryl methyl sites for hydroxylation is 1. The lowest BCUT2D eigenvalue weighted by Crippen LogP contribution is -2.55. The second-order valence-corrected chi connectivity index (χ2v) is 9.87. The molecule has 3 rings (SSSR count). The maximum absolute atomic E-state index is 13.8. The smallest absolute Gasteiger partial charge is 0.251 e. The highest BCUT2D eigenvalue weighted by Gasteiger charge is 2.35.